The Morgan fingerprint density at radius 1 is 1.28 bits per heavy atom. The molecule has 2 rings (SSSR count). The molecule has 0 aromatic carbocycles. The van der Waals surface area contributed by atoms with Crippen LogP contribution >= 0.6 is 0 Å². The SMILES string of the molecule is CNC(=O)C1CNCCN1CC1CCCCCC1. The Kier molecular flexibility index (Phi) is 5.45. The van der Waals surface area contributed by atoms with Crippen LogP contribution in [0.5, 0.6) is 0 Å². The number of piperazine rings is 1. The Balaban J connectivity index is 1.89. The molecule has 1 unspecified atom stereocenters. The predicted octanol–water partition coefficient (Wildman–Crippen LogP) is 0.977. The Hall–Kier alpha value is -0.610. The first-order chi connectivity index (χ1) is 8.81. The van der Waals surface area contributed by atoms with E-state index in [1.807, 2.05) is 0 Å². The lowest BCUT2D eigenvalue weighted by Gasteiger charge is -2.37. The second-order valence-corrected chi connectivity index (χ2v) is 5.69. The molecule has 2 fully saturated rings. The van der Waals surface area contributed by atoms with Gasteiger partial charge in [0.25, 0.3) is 0 Å². The van der Waals surface area contributed by atoms with Gasteiger partial charge in [0, 0.05) is 33.2 Å². The molecule has 4 heteroatoms. The summed E-state index contributed by atoms with van der Waals surface area (Å²) in [6.07, 6.45) is 8.26. The van der Waals surface area contributed by atoms with E-state index in [-0.39, 0.29) is 11.9 Å². The van der Waals surface area contributed by atoms with E-state index in [9.17, 15) is 4.79 Å². The second kappa shape index (κ2) is 7.10. The minimum atomic E-state index is 0.0343. The number of nitrogens with zero attached hydrogens (tertiary/aromatic N) is 1. The molecule has 0 bridgehead atoms. The molecular formula is C14H27N3O. The summed E-state index contributed by atoms with van der Waals surface area (Å²) >= 11 is 0. The van der Waals surface area contributed by atoms with Gasteiger partial charge in [0.15, 0.2) is 0 Å². The molecule has 0 spiro atoms. The first kappa shape index (κ1) is 13.8. The monoisotopic (exact) mass is 253 g/mol. The van der Waals surface area contributed by atoms with Crippen LogP contribution in [0.1, 0.15) is 38.5 Å². The molecule has 1 saturated heterocycles. The Morgan fingerprint density at radius 2 is 2.00 bits per heavy atom. The molecule has 1 aliphatic carbocycles. The lowest BCUT2D eigenvalue weighted by molar-refractivity contribution is -0.126. The summed E-state index contributed by atoms with van der Waals surface area (Å²) in [7, 11) is 1.74. The average molecular weight is 253 g/mol. The first-order valence-corrected chi connectivity index (χ1v) is 7.47. The minimum Gasteiger partial charge on any atom is -0.358 e. The predicted molar refractivity (Wildman–Crippen MR) is 73.5 cm³/mol. The maximum absolute atomic E-state index is 11.9. The van der Waals surface area contributed by atoms with Gasteiger partial charge in [-0.2, -0.15) is 0 Å². The van der Waals surface area contributed by atoms with Gasteiger partial charge in [-0.15, -0.1) is 0 Å². The third-order valence-electron chi connectivity index (χ3n) is 4.37. The lowest BCUT2D eigenvalue weighted by atomic mass is 9.98. The van der Waals surface area contributed by atoms with Gasteiger partial charge in [-0.05, 0) is 18.8 Å². The molecule has 0 radical (unpaired) electrons. The van der Waals surface area contributed by atoms with E-state index in [4.69, 9.17) is 0 Å². The summed E-state index contributed by atoms with van der Waals surface area (Å²) in [5.41, 5.74) is 0. The van der Waals surface area contributed by atoms with E-state index < -0.39 is 0 Å². The summed E-state index contributed by atoms with van der Waals surface area (Å²) in [6, 6.07) is 0.0343. The zero-order valence-electron chi connectivity index (χ0n) is 11.6. The summed E-state index contributed by atoms with van der Waals surface area (Å²) in [6.45, 7) is 3.93. The van der Waals surface area contributed by atoms with Crippen LogP contribution < -0.4 is 10.6 Å². The summed E-state index contributed by atoms with van der Waals surface area (Å²) < 4.78 is 0. The van der Waals surface area contributed by atoms with Crippen LogP contribution in [0.25, 0.3) is 0 Å². The van der Waals surface area contributed by atoms with Crippen molar-refractivity contribution in [1.82, 2.24) is 15.5 Å². The molecule has 1 saturated carbocycles. The summed E-state index contributed by atoms with van der Waals surface area (Å²) in [5, 5.41) is 6.12. The van der Waals surface area contributed by atoms with E-state index >= 15 is 0 Å². The molecule has 1 amide bonds. The van der Waals surface area contributed by atoms with E-state index in [1.54, 1.807) is 7.05 Å². The smallest absolute Gasteiger partial charge is 0.238 e. The molecule has 18 heavy (non-hydrogen) atoms. The average Bonchev–Trinajstić information content (AvgIpc) is 2.67. The normalized spacial score (nSPS) is 27.7. The van der Waals surface area contributed by atoms with Crippen molar-refractivity contribution in [2.45, 2.75) is 44.6 Å². The van der Waals surface area contributed by atoms with Crippen LogP contribution in [-0.2, 0) is 4.79 Å². The third-order valence-corrected chi connectivity index (χ3v) is 4.37. The second-order valence-electron chi connectivity index (χ2n) is 5.69. The summed E-state index contributed by atoms with van der Waals surface area (Å²) in [5.74, 6) is 0.966. The topological polar surface area (TPSA) is 44.4 Å². The largest absolute Gasteiger partial charge is 0.358 e. The molecular weight excluding hydrogens is 226 g/mol. The fourth-order valence-electron chi connectivity index (χ4n) is 3.27. The number of nitrogens with one attached hydrogen (secondary N) is 2. The van der Waals surface area contributed by atoms with Gasteiger partial charge in [-0.25, -0.2) is 0 Å². The quantitative estimate of drug-likeness (QED) is 0.737. The van der Waals surface area contributed by atoms with Crippen molar-refractivity contribution in [3.8, 4) is 0 Å². The van der Waals surface area contributed by atoms with Crippen LogP contribution in [0.3, 0.4) is 0 Å². The van der Waals surface area contributed by atoms with Crippen LogP contribution in [-0.4, -0.2) is 50.1 Å². The van der Waals surface area contributed by atoms with Gasteiger partial charge >= 0.3 is 0 Å². The van der Waals surface area contributed by atoms with Crippen molar-refractivity contribution >= 4 is 5.91 Å². The molecule has 4 nitrogen and oxygen atoms in total. The van der Waals surface area contributed by atoms with E-state index in [2.05, 4.69) is 15.5 Å². The van der Waals surface area contributed by atoms with Gasteiger partial charge < -0.3 is 10.6 Å². The maximum atomic E-state index is 11.9. The van der Waals surface area contributed by atoms with Gasteiger partial charge in [-0.3, -0.25) is 9.69 Å². The van der Waals surface area contributed by atoms with E-state index in [1.165, 1.54) is 38.5 Å². The third kappa shape index (κ3) is 3.69. The molecule has 0 aromatic rings. The van der Waals surface area contributed by atoms with Crippen LogP contribution in [0.4, 0.5) is 0 Å². The van der Waals surface area contributed by atoms with Crippen molar-refractivity contribution in [1.29, 1.82) is 0 Å². The standard InChI is InChI=1S/C14H27N3O/c1-15-14(18)13-10-16-8-9-17(13)11-12-6-4-2-3-5-7-12/h12-13,16H,2-11H2,1H3,(H,15,18). The first-order valence-electron chi connectivity index (χ1n) is 7.47. The van der Waals surface area contributed by atoms with Crippen LogP contribution in [0, 0.1) is 5.92 Å². The van der Waals surface area contributed by atoms with Crippen molar-refractivity contribution in [3.63, 3.8) is 0 Å². The Bertz CT molecular complexity index is 262. The maximum Gasteiger partial charge on any atom is 0.238 e. The molecule has 104 valence electrons. The van der Waals surface area contributed by atoms with Gasteiger partial charge in [0.05, 0.1) is 0 Å². The Labute approximate surface area is 110 Å². The lowest BCUT2D eigenvalue weighted by Crippen LogP contribution is -2.58. The molecule has 1 atom stereocenters. The fourth-order valence-corrected chi connectivity index (χ4v) is 3.27. The van der Waals surface area contributed by atoms with E-state index in [0.717, 1.165) is 32.1 Å². The zero-order chi connectivity index (χ0) is 12.8. The number of carbonyl (C=O) groups is 1. The van der Waals surface area contributed by atoms with Crippen LogP contribution in [0.2, 0.25) is 0 Å². The van der Waals surface area contributed by atoms with Crippen molar-refractivity contribution in [2.24, 2.45) is 5.92 Å². The molecule has 1 aliphatic heterocycles. The van der Waals surface area contributed by atoms with Crippen LogP contribution in [0.15, 0.2) is 0 Å². The number of hydrogen-bond donors (Lipinski definition) is 2. The highest BCUT2D eigenvalue weighted by Gasteiger charge is 2.29. The van der Waals surface area contributed by atoms with Crippen molar-refractivity contribution in [2.75, 3.05) is 33.2 Å². The highest BCUT2D eigenvalue weighted by molar-refractivity contribution is 5.81. The Morgan fingerprint density at radius 3 is 2.67 bits per heavy atom. The number of carbonyl (C=O) groups excluding carboxylic acids is 1. The van der Waals surface area contributed by atoms with Crippen molar-refractivity contribution in [3.05, 3.63) is 0 Å². The number of hydrogen-bond acceptors (Lipinski definition) is 3. The molecule has 1 heterocycles. The highest BCUT2D eigenvalue weighted by atomic mass is 16.2. The van der Waals surface area contributed by atoms with Gasteiger partial charge in [0.2, 0.25) is 5.91 Å². The highest BCUT2D eigenvalue weighted by Crippen LogP contribution is 2.24. The number of rotatable bonds is 3. The van der Waals surface area contributed by atoms with E-state index in [0.29, 0.717) is 0 Å². The molecule has 2 N–H and O–H groups in total. The number of amides is 1. The molecule has 2 aliphatic rings. The zero-order valence-corrected chi connectivity index (χ0v) is 11.6. The number of likely N-dealkylation sites (N-methyl/N-ethyl adjacent to an activating group) is 1. The minimum absolute atomic E-state index is 0.0343. The fraction of sp³-hybridized carbons (Fsp3) is 0.929. The summed E-state index contributed by atoms with van der Waals surface area (Å²) in [4.78, 5) is 14.3. The van der Waals surface area contributed by atoms with Crippen molar-refractivity contribution < 1.29 is 4.79 Å². The van der Waals surface area contributed by atoms with Gasteiger partial charge in [-0.1, -0.05) is 25.7 Å². The molecule has 0 aromatic heterocycles. The van der Waals surface area contributed by atoms with Gasteiger partial charge in [0.1, 0.15) is 6.04 Å².